The molecule has 0 aliphatic carbocycles. The number of methoxy groups -OCH3 is 1. The van der Waals surface area contributed by atoms with E-state index in [1.165, 1.54) is 0 Å². The van der Waals surface area contributed by atoms with Crippen LogP contribution in [0.15, 0.2) is 0 Å². The van der Waals surface area contributed by atoms with Gasteiger partial charge >= 0.3 is 0 Å². The molecule has 1 heterocycles. The molecule has 78 valence electrons. The second kappa shape index (κ2) is 6.35. The Bertz CT molecular complexity index is 121. The fraction of sp³-hybridized carbons (Fsp3) is 1.00. The van der Waals surface area contributed by atoms with Crippen LogP contribution >= 0.6 is 0 Å². The molecule has 1 N–H and O–H groups in total. The maximum atomic E-state index is 9.63. The molecule has 3 heteroatoms. The monoisotopic (exact) mass is 188 g/mol. The Morgan fingerprint density at radius 2 is 2.46 bits per heavy atom. The van der Waals surface area contributed by atoms with Crippen molar-refractivity contribution in [3.63, 3.8) is 0 Å². The number of aliphatic hydroxyl groups is 1. The van der Waals surface area contributed by atoms with Gasteiger partial charge in [0, 0.05) is 26.9 Å². The van der Waals surface area contributed by atoms with E-state index in [4.69, 9.17) is 9.47 Å². The fourth-order valence-corrected chi connectivity index (χ4v) is 1.74. The number of aliphatic hydroxyl groups excluding tert-OH is 1. The minimum atomic E-state index is -0.165. The largest absolute Gasteiger partial charge is 0.393 e. The van der Waals surface area contributed by atoms with Crippen LogP contribution in [0.1, 0.15) is 25.7 Å². The maximum absolute atomic E-state index is 9.63. The van der Waals surface area contributed by atoms with Crippen LogP contribution in [-0.2, 0) is 9.47 Å². The molecule has 0 radical (unpaired) electrons. The van der Waals surface area contributed by atoms with E-state index in [1.54, 1.807) is 7.11 Å². The first kappa shape index (κ1) is 11.0. The highest BCUT2D eigenvalue weighted by Crippen LogP contribution is 2.19. The SMILES string of the molecule is COCCCC(O)CC1CCOC1. The molecule has 2 unspecified atom stereocenters. The van der Waals surface area contributed by atoms with Gasteiger partial charge in [0.15, 0.2) is 0 Å². The summed E-state index contributed by atoms with van der Waals surface area (Å²) < 4.78 is 10.2. The van der Waals surface area contributed by atoms with Gasteiger partial charge in [0.1, 0.15) is 0 Å². The predicted molar refractivity (Wildman–Crippen MR) is 50.7 cm³/mol. The quantitative estimate of drug-likeness (QED) is 0.637. The average molecular weight is 188 g/mol. The van der Waals surface area contributed by atoms with E-state index < -0.39 is 0 Å². The van der Waals surface area contributed by atoms with Gasteiger partial charge in [0.2, 0.25) is 0 Å². The summed E-state index contributed by atoms with van der Waals surface area (Å²) in [5, 5.41) is 9.63. The molecule has 13 heavy (non-hydrogen) atoms. The van der Waals surface area contributed by atoms with E-state index in [9.17, 15) is 5.11 Å². The molecule has 0 aromatic carbocycles. The van der Waals surface area contributed by atoms with E-state index in [0.717, 1.165) is 45.5 Å². The maximum Gasteiger partial charge on any atom is 0.0544 e. The first-order valence-electron chi connectivity index (χ1n) is 5.07. The molecule has 1 fully saturated rings. The molecule has 1 aliphatic heterocycles. The first-order valence-corrected chi connectivity index (χ1v) is 5.07. The minimum absolute atomic E-state index is 0.165. The zero-order valence-electron chi connectivity index (χ0n) is 8.37. The van der Waals surface area contributed by atoms with Gasteiger partial charge in [-0.2, -0.15) is 0 Å². The molecular formula is C10H20O3. The van der Waals surface area contributed by atoms with Crippen molar-refractivity contribution in [3.8, 4) is 0 Å². The van der Waals surface area contributed by atoms with Crippen molar-refractivity contribution in [2.24, 2.45) is 5.92 Å². The highest BCUT2D eigenvalue weighted by molar-refractivity contribution is 4.68. The Kier molecular flexibility index (Phi) is 5.35. The summed E-state index contributed by atoms with van der Waals surface area (Å²) in [5.74, 6) is 0.581. The van der Waals surface area contributed by atoms with Gasteiger partial charge in [-0.3, -0.25) is 0 Å². The standard InChI is InChI=1S/C10H20O3/c1-12-5-2-3-10(11)7-9-4-6-13-8-9/h9-11H,2-8H2,1H3. The van der Waals surface area contributed by atoms with Crippen LogP contribution in [0, 0.1) is 5.92 Å². The molecule has 0 bridgehead atoms. The Hall–Kier alpha value is -0.120. The average Bonchev–Trinajstić information content (AvgIpc) is 2.57. The van der Waals surface area contributed by atoms with Crippen molar-refractivity contribution in [2.45, 2.75) is 31.8 Å². The summed E-state index contributed by atoms with van der Waals surface area (Å²) in [6, 6.07) is 0. The molecule has 3 nitrogen and oxygen atoms in total. The smallest absolute Gasteiger partial charge is 0.0544 e. The molecule has 2 atom stereocenters. The molecule has 1 saturated heterocycles. The van der Waals surface area contributed by atoms with Crippen LogP contribution in [0.4, 0.5) is 0 Å². The van der Waals surface area contributed by atoms with Crippen molar-refractivity contribution in [1.82, 2.24) is 0 Å². The molecule has 0 spiro atoms. The van der Waals surface area contributed by atoms with Gasteiger partial charge in [-0.15, -0.1) is 0 Å². The highest BCUT2D eigenvalue weighted by atomic mass is 16.5. The summed E-state index contributed by atoms with van der Waals surface area (Å²) in [7, 11) is 1.69. The molecule has 1 aliphatic rings. The van der Waals surface area contributed by atoms with Gasteiger partial charge in [0.05, 0.1) is 6.10 Å². The lowest BCUT2D eigenvalue weighted by atomic mass is 9.98. The molecule has 0 aromatic rings. The molecule has 0 amide bonds. The third kappa shape index (κ3) is 4.60. The summed E-state index contributed by atoms with van der Waals surface area (Å²) in [6.45, 7) is 2.45. The minimum Gasteiger partial charge on any atom is -0.393 e. The van der Waals surface area contributed by atoms with Crippen molar-refractivity contribution >= 4 is 0 Å². The van der Waals surface area contributed by atoms with Crippen LogP contribution in [0.2, 0.25) is 0 Å². The third-order valence-electron chi connectivity index (χ3n) is 2.52. The van der Waals surface area contributed by atoms with Gasteiger partial charge in [-0.1, -0.05) is 0 Å². The topological polar surface area (TPSA) is 38.7 Å². The lowest BCUT2D eigenvalue weighted by Gasteiger charge is -2.13. The zero-order chi connectivity index (χ0) is 9.52. The van der Waals surface area contributed by atoms with E-state index in [-0.39, 0.29) is 6.10 Å². The van der Waals surface area contributed by atoms with E-state index >= 15 is 0 Å². The van der Waals surface area contributed by atoms with Crippen molar-refractivity contribution < 1.29 is 14.6 Å². The van der Waals surface area contributed by atoms with Gasteiger partial charge in [-0.25, -0.2) is 0 Å². The molecule has 0 aromatic heterocycles. The third-order valence-corrected chi connectivity index (χ3v) is 2.52. The zero-order valence-corrected chi connectivity index (χ0v) is 8.37. The van der Waals surface area contributed by atoms with Crippen LogP contribution in [-0.4, -0.2) is 38.1 Å². The number of rotatable bonds is 6. The van der Waals surface area contributed by atoms with Crippen molar-refractivity contribution in [3.05, 3.63) is 0 Å². The Labute approximate surface area is 80.0 Å². The Balaban J connectivity index is 1.99. The second-order valence-corrected chi connectivity index (χ2v) is 3.75. The second-order valence-electron chi connectivity index (χ2n) is 3.75. The lowest BCUT2D eigenvalue weighted by Crippen LogP contribution is -2.14. The van der Waals surface area contributed by atoms with Crippen molar-refractivity contribution in [2.75, 3.05) is 26.9 Å². The summed E-state index contributed by atoms with van der Waals surface area (Å²) in [4.78, 5) is 0. The number of ether oxygens (including phenoxy) is 2. The Morgan fingerprint density at radius 3 is 3.08 bits per heavy atom. The van der Waals surface area contributed by atoms with Gasteiger partial charge < -0.3 is 14.6 Å². The summed E-state index contributed by atoms with van der Waals surface area (Å²) in [6.07, 6.45) is 3.64. The molecule has 1 rings (SSSR count). The number of hydrogen-bond acceptors (Lipinski definition) is 3. The van der Waals surface area contributed by atoms with E-state index in [1.807, 2.05) is 0 Å². The molecule has 0 saturated carbocycles. The van der Waals surface area contributed by atoms with Gasteiger partial charge in [-0.05, 0) is 31.6 Å². The normalized spacial score (nSPS) is 24.9. The van der Waals surface area contributed by atoms with Crippen LogP contribution in [0.5, 0.6) is 0 Å². The Morgan fingerprint density at radius 1 is 1.62 bits per heavy atom. The fourth-order valence-electron chi connectivity index (χ4n) is 1.74. The van der Waals surface area contributed by atoms with Crippen LogP contribution < -0.4 is 0 Å². The summed E-state index contributed by atoms with van der Waals surface area (Å²) in [5.41, 5.74) is 0. The molecular weight excluding hydrogens is 168 g/mol. The van der Waals surface area contributed by atoms with E-state index in [2.05, 4.69) is 0 Å². The van der Waals surface area contributed by atoms with Gasteiger partial charge in [0.25, 0.3) is 0 Å². The number of hydrogen-bond donors (Lipinski definition) is 1. The first-order chi connectivity index (χ1) is 6.33. The van der Waals surface area contributed by atoms with Crippen LogP contribution in [0.3, 0.4) is 0 Å². The highest BCUT2D eigenvalue weighted by Gasteiger charge is 2.18. The van der Waals surface area contributed by atoms with Crippen LogP contribution in [0.25, 0.3) is 0 Å². The lowest BCUT2D eigenvalue weighted by molar-refractivity contribution is 0.107. The summed E-state index contributed by atoms with van der Waals surface area (Å²) >= 11 is 0. The van der Waals surface area contributed by atoms with E-state index in [0.29, 0.717) is 5.92 Å². The predicted octanol–water partition coefficient (Wildman–Crippen LogP) is 1.20. The van der Waals surface area contributed by atoms with Crippen molar-refractivity contribution in [1.29, 1.82) is 0 Å².